The highest BCUT2D eigenvalue weighted by molar-refractivity contribution is 14.0. The Labute approximate surface area is 185 Å². The summed E-state index contributed by atoms with van der Waals surface area (Å²) in [6, 6.07) is 8.19. The maximum absolute atomic E-state index is 5.71. The molecule has 7 heteroatoms. The molecular formula is C21H33IN4O2. The number of aliphatic imine (C=N–C) groups is 1. The van der Waals surface area contributed by atoms with E-state index in [0.29, 0.717) is 5.92 Å². The number of nitrogens with zero attached hydrogens (tertiary/aromatic N) is 2. The van der Waals surface area contributed by atoms with Gasteiger partial charge in [0.05, 0.1) is 18.6 Å². The Hall–Kier alpha value is -1.48. The number of halogens is 1. The maximum atomic E-state index is 5.71. The quantitative estimate of drug-likeness (QED) is 0.309. The summed E-state index contributed by atoms with van der Waals surface area (Å²) in [7, 11) is 0. The molecule has 1 atom stereocenters. The Balaban J connectivity index is 0.00000280. The van der Waals surface area contributed by atoms with Gasteiger partial charge in [0.2, 0.25) is 0 Å². The van der Waals surface area contributed by atoms with Crippen LogP contribution in [0.1, 0.15) is 44.3 Å². The molecule has 1 unspecified atom stereocenters. The van der Waals surface area contributed by atoms with Gasteiger partial charge in [0.25, 0.3) is 0 Å². The number of rotatable bonds is 9. The zero-order valence-corrected chi connectivity index (χ0v) is 19.2. The Morgan fingerprint density at radius 3 is 2.50 bits per heavy atom. The van der Waals surface area contributed by atoms with Crippen LogP contribution in [-0.2, 0) is 6.42 Å². The van der Waals surface area contributed by atoms with E-state index in [-0.39, 0.29) is 30.0 Å². The highest BCUT2D eigenvalue weighted by atomic mass is 127. The Kier molecular flexibility index (Phi) is 9.91. The van der Waals surface area contributed by atoms with Crippen molar-refractivity contribution in [2.75, 3.05) is 32.7 Å². The van der Waals surface area contributed by atoms with E-state index in [4.69, 9.17) is 13.8 Å². The van der Waals surface area contributed by atoms with Gasteiger partial charge in [0.1, 0.15) is 11.5 Å². The third-order valence-corrected chi connectivity index (χ3v) is 4.77. The lowest BCUT2D eigenvalue weighted by Gasteiger charge is -2.27. The predicted octanol–water partition coefficient (Wildman–Crippen LogP) is 4.06. The summed E-state index contributed by atoms with van der Waals surface area (Å²) < 4.78 is 11.1. The standard InChI is InChI=1S/C21H32N4O2.HI/c1-17(2)15-23-21(22-10-9-18-7-5-13-26-18)24-16-19(20-8-6-14-27-20)25-11-3-4-12-25;/h5-8,13-14,17,19H,3-4,9-12,15-16H2,1-2H3,(H2,22,23,24);1H. The minimum atomic E-state index is 0. The minimum Gasteiger partial charge on any atom is -0.469 e. The van der Waals surface area contributed by atoms with E-state index in [1.54, 1.807) is 12.5 Å². The lowest BCUT2D eigenvalue weighted by atomic mass is 10.2. The van der Waals surface area contributed by atoms with Gasteiger partial charge in [-0.1, -0.05) is 13.8 Å². The summed E-state index contributed by atoms with van der Waals surface area (Å²) in [5, 5.41) is 6.96. The van der Waals surface area contributed by atoms with E-state index in [1.807, 2.05) is 18.2 Å². The van der Waals surface area contributed by atoms with Gasteiger partial charge in [-0.05, 0) is 56.1 Å². The van der Waals surface area contributed by atoms with Gasteiger partial charge in [-0.25, -0.2) is 0 Å². The minimum absolute atomic E-state index is 0. The van der Waals surface area contributed by atoms with Crippen molar-refractivity contribution < 1.29 is 8.83 Å². The summed E-state index contributed by atoms with van der Waals surface area (Å²) in [6.07, 6.45) is 6.82. The van der Waals surface area contributed by atoms with Crippen molar-refractivity contribution >= 4 is 29.9 Å². The van der Waals surface area contributed by atoms with Gasteiger partial charge in [-0.3, -0.25) is 9.89 Å². The van der Waals surface area contributed by atoms with Gasteiger partial charge in [0.15, 0.2) is 5.96 Å². The summed E-state index contributed by atoms with van der Waals surface area (Å²) >= 11 is 0. The number of nitrogens with one attached hydrogen (secondary N) is 2. The van der Waals surface area contributed by atoms with Crippen molar-refractivity contribution in [2.24, 2.45) is 10.9 Å². The number of likely N-dealkylation sites (tertiary alicyclic amines) is 1. The number of hydrogen-bond donors (Lipinski definition) is 2. The van der Waals surface area contributed by atoms with Gasteiger partial charge in [-0.2, -0.15) is 0 Å². The second-order valence-corrected chi connectivity index (χ2v) is 7.49. The largest absolute Gasteiger partial charge is 0.469 e. The fraction of sp³-hybridized carbons (Fsp3) is 0.571. The monoisotopic (exact) mass is 500 g/mol. The molecule has 0 saturated carbocycles. The Bertz CT molecular complexity index is 665. The first-order chi connectivity index (χ1) is 13.2. The molecule has 1 fully saturated rings. The van der Waals surface area contributed by atoms with Crippen molar-refractivity contribution in [1.82, 2.24) is 15.5 Å². The van der Waals surface area contributed by atoms with Gasteiger partial charge < -0.3 is 19.5 Å². The van der Waals surface area contributed by atoms with Crippen LogP contribution in [0.2, 0.25) is 0 Å². The number of hydrogen-bond acceptors (Lipinski definition) is 4. The number of guanidine groups is 1. The second kappa shape index (κ2) is 12.2. The van der Waals surface area contributed by atoms with Crippen molar-refractivity contribution in [3.63, 3.8) is 0 Å². The van der Waals surface area contributed by atoms with Crippen LogP contribution in [0.5, 0.6) is 0 Å². The normalized spacial score (nSPS) is 16.2. The summed E-state index contributed by atoms with van der Waals surface area (Å²) in [5.74, 6) is 3.37. The third kappa shape index (κ3) is 7.16. The van der Waals surface area contributed by atoms with Crippen LogP contribution in [0.4, 0.5) is 0 Å². The zero-order valence-electron chi connectivity index (χ0n) is 16.9. The molecule has 0 spiro atoms. The molecular weight excluding hydrogens is 467 g/mol. The van der Waals surface area contributed by atoms with E-state index < -0.39 is 0 Å². The van der Waals surface area contributed by atoms with E-state index in [2.05, 4.69) is 35.4 Å². The van der Waals surface area contributed by atoms with Crippen LogP contribution < -0.4 is 10.6 Å². The molecule has 1 saturated heterocycles. The van der Waals surface area contributed by atoms with E-state index in [1.165, 1.54) is 12.8 Å². The summed E-state index contributed by atoms with van der Waals surface area (Å²) in [4.78, 5) is 7.23. The Morgan fingerprint density at radius 2 is 1.86 bits per heavy atom. The lowest BCUT2D eigenvalue weighted by molar-refractivity contribution is 0.215. The lowest BCUT2D eigenvalue weighted by Crippen LogP contribution is -2.43. The van der Waals surface area contributed by atoms with Gasteiger partial charge >= 0.3 is 0 Å². The van der Waals surface area contributed by atoms with Crippen molar-refractivity contribution in [2.45, 2.75) is 39.2 Å². The molecule has 3 rings (SSSR count). The van der Waals surface area contributed by atoms with Crippen LogP contribution >= 0.6 is 24.0 Å². The molecule has 1 aliphatic rings. The highest BCUT2D eigenvalue weighted by Gasteiger charge is 2.25. The summed E-state index contributed by atoms with van der Waals surface area (Å²) in [6.45, 7) is 8.96. The molecule has 0 radical (unpaired) electrons. The molecule has 2 aromatic heterocycles. The average molecular weight is 500 g/mol. The Morgan fingerprint density at radius 1 is 1.11 bits per heavy atom. The van der Waals surface area contributed by atoms with Crippen molar-refractivity contribution in [3.05, 3.63) is 48.3 Å². The smallest absolute Gasteiger partial charge is 0.191 e. The molecule has 0 aromatic carbocycles. The topological polar surface area (TPSA) is 65.9 Å². The number of furan rings is 2. The molecule has 28 heavy (non-hydrogen) atoms. The summed E-state index contributed by atoms with van der Waals surface area (Å²) in [5.41, 5.74) is 0. The van der Waals surface area contributed by atoms with Crippen LogP contribution in [0.25, 0.3) is 0 Å². The van der Waals surface area contributed by atoms with Gasteiger partial charge in [-0.15, -0.1) is 24.0 Å². The van der Waals surface area contributed by atoms with Crippen LogP contribution in [-0.4, -0.2) is 43.6 Å². The van der Waals surface area contributed by atoms with Crippen LogP contribution in [0.15, 0.2) is 50.6 Å². The molecule has 6 nitrogen and oxygen atoms in total. The molecule has 0 aliphatic carbocycles. The van der Waals surface area contributed by atoms with Gasteiger partial charge in [0, 0.05) is 26.1 Å². The maximum Gasteiger partial charge on any atom is 0.191 e. The zero-order chi connectivity index (χ0) is 18.9. The third-order valence-electron chi connectivity index (χ3n) is 4.77. The van der Waals surface area contributed by atoms with Crippen molar-refractivity contribution in [1.29, 1.82) is 0 Å². The van der Waals surface area contributed by atoms with Crippen LogP contribution in [0.3, 0.4) is 0 Å². The first-order valence-electron chi connectivity index (χ1n) is 10.0. The molecule has 2 aromatic rings. The van der Waals surface area contributed by atoms with Crippen LogP contribution in [0, 0.1) is 5.92 Å². The first kappa shape index (κ1) is 22.8. The van der Waals surface area contributed by atoms with E-state index >= 15 is 0 Å². The molecule has 1 aliphatic heterocycles. The molecule has 0 amide bonds. The van der Waals surface area contributed by atoms with E-state index in [0.717, 1.165) is 56.6 Å². The molecule has 3 heterocycles. The SMILES string of the molecule is CC(C)CN=C(NCCc1ccco1)NCC(c1ccco1)N1CCCC1.I. The van der Waals surface area contributed by atoms with Crippen molar-refractivity contribution in [3.8, 4) is 0 Å². The fourth-order valence-electron chi connectivity index (χ4n) is 3.34. The molecule has 0 bridgehead atoms. The average Bonchev–Trinajstić information content (AvgIpc) is 3.42. The molecule has 2 N–H and O–H groups in total. The van der Waals surface area contributed by atoms with E-state index in [9.17, 15) is 0 Å². The first-order valence-corrected chi connectivity index (χ1v) is 10.0. The second-order valence-electron chi connectivity index (χ2n) is 7.49. The highest BCUT2D eigenvalue weighted by Crippen LogP contribution is 2.24. The fourth-order valence-corrected chi connectivity index (χ4v) is 3.34. The predicted molar refractivity (Wildman–Crippen MR) is 123 cm³/mol. The molecule has 156 valence electrons.